The van der Waals surface area contributed by atoms with E-state index in [0.29, 0.717) is 44.1 Å². The van der Waals surface area contributed by atoms with E-state index in [2.05, 4.69) is 34.6 Å². The Labute approximate surface area is 161 Å². The van der Waals surface area contributed by atoms with Gasteiger partial charge in [-0.1, -0.05) is 73.1 Å². The monoisotopic (exact) mass is 370 g/mol. The van der Waals surface area contributed by atoms with Gasteiger partial charge in [-0.3, -0.25) is 9.59 Å². The number of ether oxygens (including phenoxy) is 2. The first-order chi connectivity index (χ1) is 12.4. The van der Waals surface area contributed by atoms with Crippen molar-refractivity contribution in [3.63, 3.8) is 0 Å². The number of rotatable bonds is 16. The van der Waals surface area contributed by atoms with Gasteiger partial charge in [0.2, 0.25) is 0 Å². The van der Waals surface area contributed by atoms with Crippen LogP contribution in [0.5, 0.6) is 0 Å². The van der Waals surface area contributed by atoms with Crippen molar-refractivity contribution in [1.29, 1.82) is 0 Å². The largest absolute Gasteiger partial charge is 0.466 e. The maximum atomic E-state index is 11.9. The number of unbranched alkanes of at least 4 members (excludes halogenated alkanes) is 7. The minimum absolute atomic E-state index is 0.0329. The van der Waals surface area contributed by atoms with Crippen LogP contribution in [0.1, 0.15) is 105 Å². The third-order valence-electron chi connectivity index (χ3n) is 4.60. The molecule has 0 aliphatic rings. The second-order valence-electron chi connectivity index (χ2n) is 7.99. The molecule has 0 saturated carbocycles. The van der Waals surface area contributed by atoms with Gasteiger partial charge < -0.3 is 9.47 Å². The fraction of sp³-hybridized carbons (Fsp3) is 0.909. The normalized spacial score (nSPS) is 11.4. The SMILES string of the molecule is CCCCCCCCCOC(=O)CCCCC(=O)OC(C(C)C)C(C)C. The van der Waals surface area contributed by atoms with Crippen LogP contribution < -0.4 is 0 Å². The van der Waals surface area contributed by atoms with Crippen molar-refractivity contribution in [2.75, 3.05) is 6.61 Å². The summed E-state index contributed by atoms with van der Waals surface area (Å²) in [5.74, 6) is 0.335. The van der Waals surface area contributed by atoms with E-state index in [0.717, 1.165) is 12.8 Å². The van der Waals surface area contributed by atoms with Gasteiger partial charge in [0.15, 0.2) is 0 Å². The molecule has 154 valence electrons. The maximum Gasteiger partial charge on any atom is 0.306 e. The van der Waals surface area contributed by atoms with Gasteiger partial charge in [-0.05, 0) is 31.1 Å². The van der Waals surface area contributed by atoms with Crippen LogP contribution in [-0.2, 0) is 19.1 Å². The lowest BCUT2D eigenvalue weighted by Gasteiger charge is -2.24. The Balaban J connectivity index is 3.60. The van der Waals surface area contributed by atoms with Crippen molar-refractivity contribution in [1.82, 2.24) is 0 Å². The Morgan fingerprint density at radius 3 is 1.73 bits per heavy atom. The summed E-state index contributed by atoms with van der Waals surface area (Å²) in [6.07, 6.45) is 10.6. The molecule has 26 heavy (non-hydrogen) atoms. The van der Waals surface area contributed by atoms with Gasteiger partial charge in [-0.2, -0.15) is 0 Å². The van der Waals surface area contributed by atoms with Crippen molar-refractivity contribution in [3.8, 4) is 0 Å². The number of carbonyl (C=O) groups excluding carboxylic acids is 2. The highest BCUT2D eigenvalue weighted by Crippen LogP contribution is 2.17. The molecule has 0 aromatic rings. The topological polar surface area (TPSA) is 52.6 Å². The van der Waals surface area contributed by atoms with Gasteiger partial charge in [0.05, 0.1) is 6.61 Å². The maximum absolute atomic E-state index is 11.9. The lowest BCUT2D eigenvalue weighted by molar-refractivity contribution is -0.154. The Kier molecular flexibility index (Phi) is 15.5. The van der Waals surface area contributed by atoms with Crippen LogP contribution in [0, 0.1) is 11.8 Å². The van der Waals surface area contributed by atoms with Gasteiger partial charge in [-0.15, -0.1) is 0 Å². The van der Waals surface area contributed by atoms with E-state index < -0.39 is 0 Å². The van der Waals surface area contributed by atoms with Crippen molar-refractivity contribution in [2.45, 2.75) is 111 Å². The Hall–Kier alpha value is -1.06. The molecule has 0 spiro atoms. The van der Waals surface area contributed by atoms with Crippen LogP contribution in [0.15, 0.2) is 0 Å². The van der Waals surface area contributed by atoms with Gasteiger partial charge in [-0.25, -0.2) is 0 Å². The van der Waals surface area contributed by atoms with E-state index in [9.17, 15) is 9.59 Å². The molecule has 0 aromatic carbocycles. The summed E-state index contributed by atoms with van der Waals surface area (Å²) in [4.78, 5) is 23.6. The Bertz CT molecular complexity index is 355. The second-order valence-corrected chi connectivity index (χ2v) is 7.99. The fourth-order valence-corrected chi connectivity index (χ4v) is 3.11. The molecule has 4 nitrogen and oxygen atoms in total. The van der Waals surface area contributed by atoms with Crippen molar-refractivity contribution >= 4 is 11.9 Å². The summed E-state index contributed by atoms with van der Waals surface area (Å²) < 4.78 is 10.8. The number of carbonyl (C=O) groups is 2. The third-order valence-corrected chi connectivity index (χ3v) is 4.60. The van der Waals surface area contributed by atoms with Crippen molar-refractivity contribution in [3.05, 3.63) is 0 Å². The molecule has 0 heterocycles. The third kappa shape index (κ3) is 14.1. The number of esters is 2. The predicted molar refractivity (Wildman–Crippen MR) is 107 cm³/mol. The molecule has 0 aliphatic carbocycles. The standard InChI is InChI=1S/C22H42O4/c1-6-7-8-9-10-11-14-17-25-20(23)15-12-13-16-21(24)26-22(18(2)3)19(4)5/h18-19,22H,6-17H2,1-5H3. The second kappa shape index (κ2) is 16.1. The fourth-order valence-electron chi connectivity index (χ4n) is 3.11. The van der Waals surface area contributed by atoms with Crippen LogP contribution in [0.4, 0.5) is 0 Å². The highest BCUT2D eigenvalue weighted by Gasteiger charge is 2.21. The van der Waals surface area contributed by atoms with Gasteiger partial charge in [0, 0.05) is 12.8 Å². The van der Waals surface area contributed by atoms with E-state index in [4.69, 9.17) is 9.47 Å². The molecule has 0 unspecified atom stereocenters. The quantitative estimate of drug-likeness (QED) is 0.245. The van der Waals surface area contributed by atoms with E-state index in [-0.39, 0.29) is 18.0 Å². The molecule has 0 atom stereocenters. The summed E-state index contributed by atoms with van der Waals surface area (Å²) in [6.45, 7) is 11.0. The lowest BCUT2D eigenvalue weighted by Crippen LogP contribution is -2.28. The number of hydrogen-bond acceptors (Lipinski definition) is 4. The molecule has 0 aromatic heterocycles. The summed E-state index contributed by atoms with van der Waals surface area (Å²) in [5.41, 5.74) is 0. The van der Waals surface area contributed by atoms with Crippen LogP contribution in [0.2, 0.25) is 0 Å². The van der Waals surface area contributed by atoms with E-state index >= 15 is 0 Å². The average Bonchev–Trinajstić information content (AvgIpc) is 2.58. The van der Waals surface area contributed by atoms with E-state index in [1.165, 1.54) is 32.1 Å². The molecular weight excluding hydrogens is 328 g/mol. The zero-order chi connectivity index (χ0) is 19.8. The first-order valence-corrected chi connectivity index (χ1v) is 10.7. The molecule has 4 heteroatoms. The minimum atomic E-state index is -0.158. The van der Waals surface area contributed by atoms with E-state index in [1.54, 1.807) is 0 Å². The Morgan fingerprint density at radius 2 is 1.19 bits per heavy atom. The van der Waals surface area contributed by atoms with Gasteiger partial charge >= 0.3 is 11.9 Å². The molecule has 0 rings (SSSR count). The van der Waals surface area contributed by atoms with Crippen LogP contribution in [0.25, 0.3) is 0 Å². The first-order valence-electron chi connectivity index (χ1n) is 10.7. The van der Waals surface area contributed by atoms with Crippen LogP contribution >= 0.6 is 0 Å². The van der Waals surface area contributed by atoms with Gasteiger partial charge in [0.1, 0.15) is 6.10 Å². The summed E-state index contributed by atoms with van der Waals surface area (Å²) in [5, 5.41) is 0. The minimum Gasteiger partial charge on any atom is -0.466 e. The van der Waals surface area contributed by atoms with Gasteiger partial charge in [0.25, 0.3) is 0 Å². The van der Waals surface area contributed by atoms with Crippen LogP contribution in [0.3, 0.4) is 0 Å². The molecular formula is C22H42O4. The molecule has 0 amide bonds. The predicted octanol–water partition coefficient (Wildman–Crippen LogP) is 6.06. The first kappa shape index (κ1) is 24.9. The zero-order valence-corrected chi connectivity index (χ0v) is 17.9. The molecule has 0 aliphatic heterocycles. The highest BCUT2D eigenvalue weighted by molar-refractivity contribution is 5.70. The molecule has 0 bridgehead atoms. The molecule has 0 N–H and O–H groups in total. The highest BCUT2D eigenvalue weighted by atomic mass is 16.5. The summed E-state index contributed by atoms with van der Waals surface area (Å²) in [6, 6.07) is 0. The summed E-state index contributed by atoms with van der Waals surface area (Å²) in [7, 11) is 0. The van der Waals surface area contributed by atoms with Crippen LogP contribution in [-0.4, -0.2) is 24.6 Å². The average molecular weight is 371 g/mol. The van der Waals surface area contributed by atoms with Crippen molar-refractivity contribution in [2.24, 2.45) is 11.8 Å². The zero-order valence-electron chi connectivity index (χ0n) is 17.9. The molecule has 0 radical (unpaired) electrons. The Morgan fingerprint density at radius 1 is 0.692 bits per heavy atom. The number of hydrogen-bond donors (Lipinski definition) is 0. The molecule has 0 fully saturated rings. The smallest absolute Gasteiger partial charge is 0.306 e. The van der Waals surface area contributed by atoms with E-state index in [1.807, 2.05) is 0 Å². The van der Waals surface area contributed by atoms with Crippen molar-refractivity contribution < 1.29 is 19.1 Å². The summed E-state index contributed by atoms with van der Waals surface area (Å²) >= 11 is 0. The molecule has 0 saturated heterocycles. The lowest BCUT2D eigenvalue weighted by atomic mass is 9.96.